The SMILES string of the molecule is NC(=O)C(C(=O)O)c1cc(Br)c(Oc2ccc(N)cc2)c(Br)c1. The Kier molecular flexibility index (Phi) is 5.27. The molecule has 2 aromatic carbocycles. The van der Waals surface area contributed by atoms with Gasteiger partial charge in [-0.1, -0.05) is 0 Å². The number of aliphatic carboxylic acids is 1. The molecule has 1 amide bonds. The number of hydrogen-bond donors (Lipinski definition) is 3. The fraction of sp³-hybridized carbons (Fsp3) is 0.0667. The van der Waals surface area contributed by atoms with Crippen molar-refractivity contribution in [1.82, 2.24) is 0 Å². The molecule has 0 spiro atoms. The first kappa shape index (κ1) is 17.3. The van der Waals surface area contributed by atoms with E-state index in [1.807, 2.05) is 0 Å². The average molecular weight is 444 g/mol. The van der Waals surface area contributed by atoms with Crippen LogP contribution in [0.2, 0.25) is 0 Å². The summed E-state index contributed by atoms with van der Waals surface area (Å²) in [4.78, 5) is 22.5. The second-order valence-electron chi connectivity index (χ2n) is 4.66. The predicted octanol–water partition coefficient (Wildman–Crippen LogP) is 3.24. The van der Waals surface area contributed by atoms with Crippen molar-refractivity contribution in [3.63, 3.8) is 0 Å². The summed E-state index contributed by atoms with van der Waals surface area (Å²) in [5.41, 5.74) is 11.6. The van der Waals surface area contributed by atoms with Gasteiger partial charge in [0.2, 0.25) is 5.91 Å². The van der Waals surface area contributed by atoms with Crippen LogP contribution in [0.5, 0.6) is 11.5 Å². The van der Waals surface area contributed by atoms with E-state index in [1.165, 1.54) is 12.1 Å². The zero-order valence-electron chi connectivity index (χ0n) is 11.6. The van der Waals surface area contributed by atoms with Crippen molar-refractivity contribution in [2.45, 2.75) is 5.92 Å². The van der Waals surface area contributed by atoms with Gasteiger partial charge in [0.15, 0.2) is 11.7 Å². The molecule has 0 heterocycles. The Morgan fingerprint density at radius 3 is 2.04 bits per heavy atom. The topological polar surface area (TPSA) is 116 Å². The van der Waals surface area contributed by atoms with Crippen molar-refractivity contribution in [2.24, 2.45) is 5.73 Å². The van der Waals surface area contributed by atoms with Crippen LogP contribution in [0.15, 0.2) is 45.3 Å². The lowest BCUT2D eigenvalue weighted by atomic mass is 9.99. The van der Waals surface area contributed by atoms with Crippen molar-refractivity contribution < 1.29 is 19.4 Å². The number of rotatable bonds is 5. The van der Waals surface area contributed by atoms with Crippen LogP contribution in [0.3, 0.4) is 0 Å². The van der Waals surface area contributed by atoms with Gasteiger partial charge in [-0.2, -0.15) is 0 Å². The number of hydrogen-bond acceptors (Lipinski definition) is 4. The highest BCUT2D eigenvalue weighted by atomic mass is 79.9. The molecular formula is C15H12Br2N2O4. The number of carboxylic acid groups (broad SMARTS) is 1. The minimum atomic E-state index is -1.44. The summed E-state index contributed by atoms with van der Waals surface area (Å²) < 4.78 is 6.69. The fourth-order valence-electron chi connectivity index (χ4n) is 1.93. The van der Waals surface area contributed by atoms with E-state index in [0.29, 0.717) is 26.1 Å². The third-order valence-corrected chi connectivity index (χ3v) is 4.16. The van der Waals surface area contributed by atoms with Crippen molar-refractivity contribution in [1.29, 1.82) is 0 Å². The maximum absolute atomic E-state index is 11.3. The van der Waals surface area contributed by atoms with Gasteiger partial charge in [0.1, 0.15) is 5.75 Å². The number of carbonyl (C=O) groups excluding carboxylic acids is 1. The van der Waals surface area contributed by atoms with E-state index in [1.54, 1.807) is 24.3 Å². The van der Waals surface area contributed by atoms with Crippen LogP contribution in [0, 0.1) is 0 Å². The molecule has 2 rings (SSSR count). The monoisotopic (exact) mass is 442 g/mol. The first-order valence-electron chi connectivity index (χ1n) is 6.34. The average Bonchev–Trinajstić information content (AvgIpc) is 2.44. The van der Waals surface area contributed by atoms with Crippen LogP contribution in [-0.4, -0.2) is 17.0 Å². The molecule has 0 aromatic heterocycles. The first-order valence-corrected chi connectivity index (χ1v) is 7.92. The minimum Gasteiger partial charge on any atom is -0.480 e. The quantitative estimate of drug-likeness (QED) is 0.484. The van der Waals surface area contributed by atoms with Crippen molar-refractivity contribution in [2.75, 3.05) is 5.73 Å². The third kappa shape index (κ3) is 4.02. The molecule has 0 aliphatic carbocycles. The Hall–Kier alpha value is -2.06. The van der Waals surface area contributed by atoms with Crippen LogP contribution >= 0.6 is 31.9 Å². The van der Waals surface area contributed by atoms with Crippen LogP contribution in [-0.2, 0) is 9.59 Å². The van der Waals surface area contributed by atoms with Gasteiger partial charge in [0.25, 0.3) is 0 Å². The number of nitrogen functional groups attached to an aromatic ring is 1. The first-order chi connectivity index (χ1) is 10.8. The molecule has 0 saturated heterocycles. The summed E-state index contributed by atoms with van der Waals surface area (Å²) in [7, 11) is 0. The zero-order chi connectivity index (χ0) is 17.1. The Bertz CT molecular complexity index is 726. The summed E-state index contributed by atoms with van der Waals surface area (Å²) >= 11 is 6.62. The second-order valence-corrected chi connectivity index (χ2v) is 6.37. The van der Waals surface area contributed by atoms with Crippen LogP contribution in [0.4, 0.5) is 5.69 Å². The molecular weight excluding hydrogens is 432 g/mol. The van der Waals surface area contributed by atoms with E-state index >= 15 is 0 Å². The molecule has 8 heteroatoms. The highest BCUT2D eigenvalue weighted by Gasteiger charge is 2.27. The zero-order valence-corrected chi connectivity index (χ0v) is 14.8. The van der Waals surface area contributed by atoms with Gasteiger partial charge in [-0.15, -0.1) is 0 Å². The Balaban J connectivity index is 2.39. The van der Waals surface area contributed by atoms with E-state index in [-0.39, 0.29) is 5.56 Å². The van der Waals surface area contributed by atoms with Crippen LogP contribution < -0.4 is 16.2 Å². The number of anilines is 1. The van der Waals surface area contributed by atoms with Gasteiger partial charge < -0.3 is 21.3 Å². The molecule has 0 fully saturated rings. The number of nitrogens with two attached hydrogens (primary N) is 2. The molecule has 23 heavy (non-hydrogen) atoms. The highest BCUT2D eigenvalue weighted by Crippen LogP contribution is 2.39. The van der Waals surface area contributed by atoms with Crippen LogP contribution in [0.1, 0.15) is 11.5 Å². The van der Waals surface area contributed by atoms with E-state index in [0.717, 1.165) is 0 Å². The van der Waals surface area contributed by atoms with Gasteiger partial charge in [0.05, 0.1) is 8.95 Å². The molecule has 6 nitrogen and oxygen atoms in total. The smallest absolute Gasteiger partial charge is 0.320 e. The van der Waals surface area contributed by atoms with Gasteiger partial charge in [-0.05, 0) is 73.8 Å². The number of carbonyl (C=O) groups is 2. The van der Waals surface area contributed by atoms with Crippen molar-refractivity contribution >= 4 is 49.4 Å². The molecule has 5 N–H and O–H groups in total. The molecule has 1 unspecified atom stereocenters. The summed E-state index contributed by atoms with van der Waals surface area (Å²) in [6.45, 7) is 0. The van der Waals surface area contributed by atoms with Gasteiger partial charge >= 0.3 is 5.97 Å². The summed E-state index contributed by atoms with van der Waals surface area (Å²) in [5, 5.41) is 9.13. The van der Waals surface area contributed by atoms with E-state index in [4.69, 9.17) is 21.3 Å². The second kappa shape index (κ2) is 7.01. The van der Waals surface area contributed by atoms with E-state index in [2.05, 4.69) is 31.9 Å². The summed E-state index contributed by atoms with van der Waals surface area (Å²) in [5.74, 6) is -2.70. The van der Waals surface area contributed by atoms with Crippen molar-refractivity contribution in [3.8, 4) is 11.5 Å². The molecule has 2 aromatic rings. The summed E-state index contributed by atoms with van der Waals surface area (Å²) in [6, 6.07) is 9.76. The van der Waals surface area contributed by atoms with E-state index < -0.39 is 17.8 Å². The third-order valence-electron chi connectivity index (χ3n) is 2.99. The molecule has 0 aliphatic heterocycles. The van der Waals surface area contributed by atoms with E-state index in [9.17, 15) is 9.59 Å². The van der Waals surface area contributed by atoms with Crippen molar-refractivity contribution in [3.05, 3.63) is 50.9 Å². The lowest BCUT2D eigenvalue weighted by Gasteiger charge is -2.14. The molecule has 1 atom stereocenters. The van der Waals surface area contributed by atoms with Crippen LogP contribution in [0.25, 0.3) is 0 Å². The fourth-order valence-corrected chi connectivity index (χ4v) is 3.31. The maximum atomic E-state index is 11.3. The number of amides is 1. The lowest BCUT2D eigenvalue weighted by Crippen LogP contribution is -2.28. The lowest BCUT2D eigenvalue weighted by molar-refractivity contribution is -0.142. The molecule has 120 valence electrons. The number of ether oxygens (including phenoxy) is 1. The Labute approximate surface area is 148 Å². The summed E-state index contributed by atoms with van der Waals surface area (Å²) in [6.07, 6.45) is 0. The minimum absolute atomic E-state index is 0.244. The molecule has 0 saturated carbocycles. The maximum Gasteiger partial charge on any atom is 0.320 e. The molecule has 0 bridgehead atoms. The largest absolute Gasteiger partial charge is 0.480 e. The Morgan fingerprint density at radius 1 is 1.09 bits per heavy atom. The number of carboxylic acids is 1. The number of halogens is 2. The van der Waals surface area contributed by atoms with Gasteiger partial charge in [0, 0.05) is 5.69 Å². The normalized spacial score (nSPS) is 11.7. The van der Waals surface area contributed by atoms with Gasteiger partial charge in [-0.25, -0.2) is 0 Å². The Morgan fingerprint density at radius 2 is 1.61 bits per heavy atom. The number of benzene rings is 2. The number of primary amides is 1. The highest BCUT2D eigenvalue weighted by molar-refractivity contribution is 9.11. The standard InChI is InChI=1S/C15H12Br2N2O4/c16-10-5-7(12(14(19)20)15(21)22)6-11(17)13(10)23-9-3-1-8(18)2-4-9/h1-6,12H,18H2,(H2,19,20)(H,21,22). The predicted molar refractivity (Wildman–Crippen MR) is 92.3 cm³/mol. The molecule has 0 aliphatic rings. The molecule has 0 radical (unpaired) electrons. The van der Waals surface area contributed by atoms with Gasteiger partial charge in [-0.3, -0.25) is 9.59 Å².